The molecular formula is C26H46O4. The van der Waals surface area contributed by atoms with Crippen LogP contribution in [0, 0.1) is 29.1 Å². The van der Waals surface area contributed by atoms with E-state index in [9.17, 15) is 9.59 Å². The number of rotatable bonds is 12. The van der Waals surface area contributed by atoms with Crippen LogP contribution in [0.5, 0.6) is 0 Å². The van der Waals surface area contributed by atoms with Crippen LogP contribution in [0.1, 0.15) is 111 Å². The molecule has 0 saturated heterocycles. The molecule has 0 heterocycles. The molecule has 0 aromatic carbocycles. The molecule has 2 fully saturated rings. The summed E-state index contributed by atoms with van der Waals surface area (Å²) in [6, 6.07) is 0. The molecule has 2 atom stereocenters. The maximum Gasteiger partial charge on any atom is 0.323 e. The van der Waals surface area contributed by atoms with Gasteiger partial charge in [0.1, 0.15) is 0 Å². The van der Waals surface area contributed by atoms with Gasteiger partial charge >= 0.3 is 11.9 Å². The maximum atomic E-state index is 13.4. The molecule has 30 heavy (non-hydrogen) atoms. The second-order valence-corrected chi connectivity index (χ2v) is 10.6. The van der Waals surface area contributed by atoms with Crippen LogP contribution in [0.2, 0.25) is 0 Å². The third-order valence-electron chi connectivity index (χ3n) is 7.23. The van der Waals surface area contributed by atoms with Crippen molar-refractivity contribution in [2.45, 2.75) is 111 Å². The molecule has 2 rings (SSSR count). The van der Waals surface area contributed by atoms with E-state index < -0.39 is 5.41 Å². The predicted molar refractivity (Wildman–Crippen MR) is 121 cm³/mol. The average Bonchev–Trinajstić information content (AvgIpc) is 2.72. The van der Waals surface area contributed by atoms with Crippen LogP contribution < -0.4 is 0 Å². The van der Waals surface area contributed by atoms with E-state index in [2.05, 4.69) is 27.7 Å². The number of carbonyl (C=O) groups excluding carboxylic acids is 2. The van der Waals surface area contributed by atoms with E-state index in [1.807, 2.05) is 0 Å². The summed E-state index contributed by atoms with van der Waals surface area (Å²) in [5.41, 5.74) is -1.06. The highest BCUT2D eigenvalue weighted by molar-refractivity contribution is 6.00. The minimum Gasteiger partial charge on any atom is -0.465 e. The molecule has 0 spiro atoms. The largest absolute Gasteiger partial charge is 0.465 e. The number of hydrogen-bond donors (Lipinski definition) is 0. The zero-order valence-electron chi connectivity index (χ0n) is 20.0. The van der Waals surface area contributed by atoms with Crippen LogP contribution in [0.4, 0.5) is 0 Å². The van der Waals surface area contributed by atoms with Gasteiger partial charge in [-0.2, -0.15) is 0 Å². The summed E-state index contributed by atoms with van der Waals surface area (Å²) in [6.07, 6.45) is 13.2. The van der Waals surface area contributed by atoms with Gasteiger partial charge in [0.25, 0.3) is 0 Å². The van der Waals surface area contributed by atoms with Crippen molar-refractivity contribution in [2.24, 2.45) is 29.1 Å². The highest BCUT2D eigenvalue weighted by atomic mass is 16.6. The van der Waals surface area contributed by atoms with Gasteiger partial charge in [-0.05, 0) is 62.2 Å². The van der Waals surface area contributed by atoms with Crippen molar-refractivity contribution in [3.63, 3.8) is 0 Å². The quantitative estimate of drug-likeness (QED) is 0.199. The highest BCUT2D eigenvalue weighted by Gasteiger charge is 2.58. The van der Waals surface area contributed by atoms with E-state index in [1.54, 1.807) is 0 Å². The van der Waals surface area contributed by atoms with E-state index in [-0.39, 0.29) is 17.9 Å². The third-order valence-corrected chi connectivity index (χ3v) is 7.23. The monoisotopic (exact) mass is 422 g/mol. The number of ether oxygens (including phenoxy) is 2. The molecule has 0 bridgehead atoms. The van der Waals surface area contributed by atoms with Gasteiger partial charge in [-0.15, -0.1) is 0 Å². The van der Waals surface area contributed by atoms with Crippen LogP contribution in [0.25, 0.3) is 0 Å². The van der Waals surface area contributed by atoms with Crippen LogP contribution >= 0.6 is 0 Å². The van der Waals surface area contributed by atoms with Crippen LogP contribution in [0.15, 0.2) is 0 Å². The summed E-state index contributed by atoms with van der Waals surface area (Å²) in [5.74, 6) is 1.31. The van der Waals surface area contributed by atoms with Crippen LogP contribution in [-0.4, -0.2) is 25.2 Å². The minimum atomic E-state index is -1.06. The van der Waals surface area contributed by atoms with E-state index in [0.29, 0.717) is 37.4 Å². The number of hydrogen-bond acceptors (Lipinski definition) is 4. The summed E-state index contributed by atoms with van der Waals surface area (Å²) >= 11 is 0. The molecule has 2 unspecified atom stereocenters. The van der Waals surface area contributed by atoms with Crippen molar-refractivity contribution >= 4 is 11.9 Å². The van der Waals surface area contributed by atoms with Crippen molar-refractivity contribution in [3.8, 4) is 0 Å². The summed E-state index contributed by atoms with van der Waals surface area (Å²) in [6.45, 7) is 9.69. The Morgan fingerprint density at radius 3 is 1.80 bits per heavy atom. The van der Waals surface area contributed by atoms with E-state index in [1.165, 1.54) is 6.42 Å². The topological polar surface area (TPSA) is 52.6 Å². The van der Waals surface area contributed by atoms with Crippen LogP contribution in [-0.2, 0) is 19.1 Å². The first-order valence-corrected chi connectivity index (χ1v) is 12.7. The molecule has 0 aromatic rings. The Labute approximate surface area is 184 Å². The third kappa shape index (κ3) is 6.99. The zero-order valence-corrected chi connectivity index (χ0v) is 20.0. The Morgan fingerprint density at radius 2 is 1.27 bits per heavy atom. The number of unbranched alkanes of at least 4 members (excludes halogenated alkanes) is 2. The summed E-state index contributed by atoms with van der Waals surface area (Å²) in [5, 5.41) is 0. The van der Waals surface area contributed by atoms with Gasteiger partial charge < -0.3 is 9.47 Å². The van der Waals surface area contributed by atoms with E-state index in [4.69, 9.17) is 9.47 Å². The lowest BCUT2D eigenvalue weighted by Crippen LogP contribution is -2.53. The zero-order chi connectivity index (χ0) is 22.0. The molecule has 2 aliphatic carbocycles. The van der Waals surface area contributed by atoms with Crippen molar-refractivity contribution in [1.29, 1.82) is 0 Å². The number of esters is 2. The summed E-state index contributed by atoms with van der Waals surface area (Å²) < 4.78 is 11.5. The van der Waals surface area contributed by atoms with Gasteiger partial charge in [-0.25, -0.2) is 0 Å². The van der Waals surface area contributed by atoms with Crippen molar-refractivity contribution in [2.75, 3.05) is 13.2 Å². The fraction of sp³-hybridized carbons (Fsp3) is 0.923. The molecule has 4 heteroatoms. The SMILES string of the molecule is CC(C)CCCCOC(=O)C1(C(=O)OCCCCC(C)C)CCCC2CCCCC21. The standard InChI is InChI=1S/C26H46O4/c1-20(2)12-7-9-18-29-24(27)26(25(28)30-19-10-8-13-21(3)4)17-11-15-22-14-5-6-16-23(22)26/h20-23H,5-19H2,1-4H3. The van der Waals surface area contributed by atoms with Gasteiger partial charge in [0, 0.05) is 0 Å². The first-order valence-electron chi connectivity index (χ1n) is 12.7. The molecule has 174 valence electrons. The number of carbonyl (C=O) groups is 2. The van der Waals surface area contributed by atoms with E-state index >= 15 is 0 Å². The molecule has 0 N–H and O–H groups in total. The lowest BCUT2D eigenvalue weighted by atomic mass is 9.57. The first kappa shape index (κ1) is 25.2. The lowest BCUT2D eigenvalue weighted by Gasteiger charge is -2.46. The molecule has 0 radical (unpaired) electrons. The maximum absolute atomic E-state index is 13.4. The Bertz CT molecular complexity index is 493. The number of fused-ring (bicyclic) bond motifs is 1. The molecule has 4 nitrogen and oxygen atoms in total. The first-order chi connectivity index (χ1) is 14.4. The summed E-state index contributed by atoms with van der Waals surface area (Å²) in [4.78, 5) is 26.7. The van der Waals surface area contributed by atoms with Gasteiger partial charge in [0.05, 0.1) is 13.2 Å². The Kier molecular flexibility index (Phi) is 10.7. The second-order valence-electron chi connectivity index (χ2n) is 10.6. The van der Waals surface area contributed by atoms with Crippen molar-refractivity contribution in [1.82, 2.24) is 0 Å². The molecule has 2 saturated carbocycles. The average molecular weight is 423 g/mol. The predicted octanol–water partition coefficient (Wildman–Crippen LogP) is 6.70. The second kappa shape index (κ2) is 12.7. The fourth-order valence-electron chi connectivity index (χ4n) is 5.52. The van der Waals surface area contributed by atoms with Crippen LogP contribution in [0.3, 0.4) is 0 Å². The molecule has 2 aliphatic rings. The van der Waals surface area contributed by atoms with Crippen molar-refractivity contribution < 1.29 is 19.1 Å². The molecular weight excluding hydrogens is 376 g/mol. The van der Waals surface area contributed by atoms with Gasteiger partial charge in [0.15, 0.2) is 5.41 Å². The minimum absolute atomic E-state index is 0.103. The Balaban J connectivity index is 2.00. The molecule has 0 aromatic heterocycles. The smallest absolute Gasteiger partial charge is 0.323 e. The van der Waals surface area contributed by atoms with Crippen molar-refractivity contribution in [3.05, 3.63) is 0 Å². The normalized spacial score (nSPS) is 23.3. The van der Waals surface area contributed by atoms with Gasteiger partial charge in [-0.3, -0.25) is 9.59 Å². The Hall–Kier alpha value is -1.06. The fourth-order valence-corrected chi connectivity index (χ4v) is 5.52. The van der Waals surface area contributed by atoms with Gasteiger partial charge in [0.2, 0.25) is 0 Å². The van der Waals surface area contributed by atoms with E-state index in [0.717, 1.165) is 70.6 Å². The summed E-state index contributed by atoms with van der Waals surface area (Å²) in [7, 11) is 0. The highest BCUT2D eigenvalue weighted by Crippen LogP contribution is 2.52. The molecule has 0 aliphatic heterocycles. The lowest BCUT2D eigenvalue weighted by molar-refractivity contribution is -0.184. The van der Waals surface area contributed by atoms with Gasteiger partial charge in [-0.1, -0.05) is 72.6 Å². The molecule has 0 amide bonds. The Morgan fingerprint density at radius 1 is 0.767 bits per heavy atom.